The second-order valence-electron chi connectivity index (χ2n) is 7.48. The Bertz CT molecular complexity index is 1060. The minimum Gasteiger partial charge on any atom is -0.493 e. The van der Waals surface area contributed by atoms with E-state index in [1.54, 1.807) is 7.11 Å². The van der Waals surface area contributed by atoms with Crippen LogP contribution in [0.25, 0.3) is 22.2 Å². The first-order valence-corrected chi connectivity index (χ1v) is 9.89. The molecule has 3 heterocycles. The Hall–Kier alpha value is -2.83. The number of methoxy groups -OCH3 is 1. The Labute approximate surface area is 170 Å². The van der Waals surface area contributed by atoms with Crippen LogP contribution in [-0.2, 0) is 11.3 Å². The maximum atomic E-state index is 5.57. The highest BCUT2D eigenvalue weighted by Crippen LogP contribution is 2.44. The molecule has 0 radical (unpaired) electrons. The molecular weight excluding hydrogens is 368 g/mol. The summed E-state index contributed by atoms with van der Waals surface area (Å²) < 4.78 is 22.0. The van der Waals surface area contributed by atoms with Crippen LogP contribution in [0, 0.1) is 6.92 Å². The van der Waals surface area contributed by atoms with Crippen LogP contribution < -0.4 is 14.2 Å². The van der Waals surface area contributed by atoms with E-state index < -0.39 is 0 Å². The Balaban J connectivity index is 1.49. The normalized spacial score (nSPS) is 16.3. The van der Waals surface area contributed by atoms with E-state index in [0.29, 0.717) is 17.2 Å². The molecule has 1 aromatic heterocycles. The minimum absolute atomic E-state index is 0.214. The third-order valence-electron chi connectivity index (χ3n) is 5.54. The third-order valence-corrected chi connectivity index (χ3v) is 5.54. The second kappa shape index (κ2) is 7.54. The fourth-order valence-corrected chi connectivity index (χ4v) is 3.98. The molecule has 150 valence electrons. The first-order chi connectivity index (χ1) is 14.2. The number of aromatic nitrogens is 1. The van der Waals surface area contributed by atoms with Crippen molar-refractivity contribution >= 4 is 10.9 Å². The molecular formula is C23H24N2O4. The van der Waals surface area contributed by atoms with E-state index in [9.17, 15) is 0 Å². The molecule has 1 saturated heterocycles. The van der Waals surface area contributed by atoms with E-state index in [1.807, 2.05) is 12.1 Å². The molecule has 0 unspecified atom stereocenters. The number of nitrogens with zero attached hydrogens (tertiary/aromatic N) is 2. The molecule has 5 rings (SSSR count). The van der Waals surface area contributed by atoms with E-state index in [0.717, 1.165) is 49.6 Å². The molecule has 0 aliphatic carbocycles. The summed E-state index contributed by atoms with van der Waals surface area (Å²) in [7, 11) is 1.64. The summed E-state index contributed by atoms with van der Waals surface area (Å²) in [5.74, 6) is 2.01. The summed E-state index contributed by atoms with van der Waals surface area (Å²) in [4.78, 5) is 7.34. The van der Waals surface area contributed by atoms with Crippen LogP contribution in [0.3, 0.4) is 0 Å². The van der Waals surface area contributed by atoms with Gasteiger partial charge in [0.25, 0.3) is 0 Å². The summed E-state index contributed by atoms with van der Waals surface area (Å²) in [5.41, 5.74) is 5.34. The van der Waals surface area contributed by atoms with Crippen molar-refractivity contribution in [2.45, 2.75) is 13.5 Å². The van der Waals surface area contributed by atoms with Gasteiger partial charge in [0.2, 0.25) is 12.5 Å². The quantitative estimate of drug-likeness (QED) is 0.674. The van der Waals surface area contributed by atoms with Gasteiger partial charge in [-0.15, -0.1) is 0 Å². The van der Waals surface area contributed by atoms with E-state index in [2.05, 4.69) is 36.1 Å². The lowest BCUT2D eigenvalue weighted by molar-refractivity contribution is 0.0342. The van der Waals surface area contributed by atoms with Crippen molar-refractivity contribution < 1.29 is 18.9 Å². The summed E-state index contributed by atoms with van der Waals surface area (Å²) in [5, 5.41) is 1.19. The number of pyridine rings is 1. The van der Waals surface area contributed by atoms with Crippen molar-refractivity contribution in [3.05, 3.63) is 47.5 Å². The van der Waals surface area contributed by atoms with E-state index in [-0.39, 0.29) is 6.79 Å². The number of ether oxygens (including phenoxy) is 4. The maximum Gasteiger partial charge on any atom is 0.231 e. The number of hydrogen-bond acceptors (Lipinski definition) is 6. The fourth-order valence-electron chi connectivity index (χ4n) is 3.98. The number of fused-ring (bicyclic) bond motifs is 2. The first-order valence-electron chi connectivity index (χ1n) is 9.89. The smallest absolute Gasteiger partial charge is 0.231 e. The largest absolute Gasteiger partial charge is 0.493 e. The zero-order valence-electron chi connectivity index (χ0n) is 16.7. The van der Waals surface area contributed by atoms with Crippen LogP contribution in [0.15, 0.2) is 36.4 Å². The van der Waals surface area contributed by atoms with Crippen molar-refractivity contribution in [1.29, 1.82) is 0 Å². The average Bonchev–Trinajstić information content (AvgIpc) is 3.23. The number of aryl methyl sites for hydroxylation is 1. The van der Waals surface area contributed by atoms with Crippen molar-refractivity contribution in [2.24, 2.45) is 0 Å². The lowest BCUT2D eigenvalue weighted by atomic mass is 10.0. The van der Waals surface area contributed by atoms with Crippen LogP contribution in [0.4, 0.5) is 0 Å². The highest BCUT2D eigenvalue weighted by Gasteiger charge is 2.21. The Kier molecular flexibility index (Phi) is 4.73. The van der Waals surface area contributed by atoms with Gasteiger partial charge in [0.1, 0.15) is 0 Å². The molecule has 29 heavy (non-hydrogen) atoms. The molecule has 6 nitrogen and oxygen atoms in total. The predicted molar refractivity (Wildman–Crippen MR) is 111 cm³/mol. The molecule has 2 aromatic carbocycles. The van der Waals surface area contributed by atoms with Crippen molar-refractivity contribution in [3.8, 4) is 28.5 Å². The Morgan fingerprint density at radius 1 is 1.07 bits per heavy atom. The highest BCUT2D eigenvalue weighted by molar-refractivity contribution is 5.86. The van der Waals surface area contributed by atoms with Crippen molar-refractivity contribution in [2.75, 3.05) is 40.2 Å². The Morgan fingerprint density at radius 2 is 1.93 bits per heavy atom. The van der Waals surface area contributed by atoms with Gasteiger partial charge < -0.3 is 18.9 Å². The van der Waals surface area contributed by atoms with Gasteiger partial charge in [-0.2, -0.15) is 0 Å². The van der Waals surface area contributed by atoms with Crippen LogP contribution >= 0.6 is 0 Å². The van der Waals surface area contributed by atoms with Crippen molar-refractivity contribution in [3.63, 3.8) is 0 Å². The molecule has 0 amide bonds. The Morgan fingerprint density at radius 3 is 2.76 bits per heavy atom. The van der Waals surface area contributed by atoms with Crippen LogP contribution in [0.5, 0.6) is 17.2 Å². The standard InChI is InChI=1S/C23H24N2O4/c1-15-9-20(17-11-21(26-2)23-22(12-17)28-14-29-23)24-19-4-3-16(10-18(15)19)13-25-5-7-27-8-6-25/h3-4,9-12H,5-8,13-14H2,1-2H3. The highest BCUT2D eigenvalue weighted by atomic mass is 16.7. The topological polar surface area (TPSA) is 53.1 Å². The summed E-state index contributed by atoms with van der Waals surface area (Å²) >= 11 is 0. The number of rotatable bonds is 4. The van der Waals surface area contributed by atoms with Gasteiger partial charge in [0, 0.05) is 30.6 Å². The zero-order valence-corrected chi connectivity index (χ0v) is 16.7. The van der Waals surface area contributed by atoms with Crippen molar-refractivity contribution in [1.82, 2.24) is 9.88 Å². The molecule has 0 N–H and O–H groups in total. The lowest BCUT2D eigenvalue weighted by Crippen LogP contribution is -2.35. The number of benzene rings is 2. The molecule has 0 bridgehead atoms. The monoisotopic (exact) mass is 392 g/mol. The molecule has 0 atom stereocenters. The number of morpholine rings is 1. The third kappa shape index (κ3) is 3.50. The lowest BCUT2D eigenvalue weighted by Gasteiger charge is -2.26. The zero-order chi connectivity index (χ0) is 19.8. The number of hydrogen-bond donors (Lipinski definition) is 0. The van der Waals surface area contributed by atoms with Gasteiger partial charge in [-0.1, -0.05) is 6.07 Å². The van der Waals surface area contributed by atoms with Gasteiger partial charge in [0.05, 0.1) is 31.5 Å². The van der Waals surface area contributed by atoms with Crippen LogP contribution in [-0.4, -0.2) is 50.1 Å². The van der Waals surface area contributed by atoms with Gasteiger partial charge in [0.15, 0.2) is 11.5 Å². The van der Waals surface area contributed by atoms with Gasteiger partial charge in [-0.3, -0.25) is 4.90 Å². The first kappa shape index (κ1) is 18.2. The van der Waals surface area contributed by atoms with Gasteiger partial charge in [-0.25, -0.2) is 4.98 Å². The second-order valence-corrected chi connectivity index (χ2v) is 7.48. The van der Waals surface area contributed by atoms with Gasteiger partial charge >= 0.3 is 0 Å². The van der Waals surface area contributed by atoms with E-state index >= 15 is 0 Å². The maximum absolute atomic E-state index is 5.57. The van der Waals surface area contributed by atoms with Crippen LogP contribution in [0.1, 0.15) is 11.1 Å². The molecule has 2 aliphatic heterocycles. The minimum atomic E-state index is 0.214. The predicted octanol–water partition coefficient (Wildman–Crippen LogP) is 3.78. The SMILES string of the molecule is COc1cc(-c2cc(C)c3cc(CN4CCOCC4)ccc3n2)cc2c1OCO2. The summed E-state index contributed by atoms with van der Waals surface area (Å²) in [6.45, 7) is 6.90. The molecule has 1 fully saturated rings. The van der Waals surface area contributed by atoms with E-state index in [1.165, 1.54) is 16.5 Å². The molecule has 6 heteroatoms. The molecule has 2 aliphatic rings. The fraction of sp³-hybridized carbons (Fsp3) is 0.348. The summed E-state index contributed by atoms with van der Waals surface area (Å²) in [6, 6.07) is 12.6. The molecule has 3 aromatic rings. The molecule has 0 spiro atoms. The molecule has 0 saturated carbocycles. The van der Waals surface area contributed by atoms with Crippen LogP contribution in [0.2, 0.25) is 0 Å². The van der Waals surface area contributed by atoms with E-state index in [4.69, 9.17) is 23.9 Å². The summed E-state index contributed by atoms with van der Waals surface area (Å²) in [6.07, 6.45) is 0. The van der Waals surface area contributed by atoms with Gasteiger partial charge in [-0.05, 0) is 48.4 Å². The average molecular weight is 392 g/mol.